The Morgan fingerprint density at radius 3 is 2.72 bits per heavy atom. The Bertz CT molecular complexity index is 695. The number of morpholine rings is 1. The van der Waals surface area contributed by atoms with Gasteiger partial charge < -0.3 is 15.0 Å². The van der Waals surface area contributed by atoms with Gasteiger partial charge in [-0.2, -0.15) is 0 Å². The summed E-state index contributed by atoms with van der Waals surface area (Å²) >= 11 is 5.55. The van der Waals surface area contributed by atoms with Crippen molar-refractivity contribution in [1.82, 2.24) is 15.1 Å². The summed E-state index contributed by atoms with van der Waals surface area (Å²) in [5.74, 6) is 0. The van der Waals surface area contributed by atoms with Crippen molar-refractivity contribution in [3.8, 4) is 0 Å². The lowest BCUT2D eigenvalue weighted by atomic mass is 10.0. The van der Waals surface area contributed by atoms with Gasteiger partial charge in [-0.3, -0.25) is 4.90 Å². The number of thiocarbonyl (C=S) groups is 1. The van der Waals surface area contributed by atoms with Crippen LogP contribution in [0.1, 0.15) is 12.0 Å². The zero-order chi connectivity index (χ0) is 17.5. The summed E-state index contributed by atoms with van der Waals surface area (Å²) in [5, 5.41) is 6.55. The number of hydrogen-bond acceptors (Lipinski definition) is 3. The number of ether oxygens (including phenoxy) is 1. The van der Waals surface area contributed by atoms with Crippen LogP contribution in [-0.2, 0) is 11.3 Å². The van der Waals surface area contributed by atoms with Crippen LogP contribution in [0, 0.1) is 0 Å². The van der Waals surface area contributed by atoms with Crippen molar-refractivity contribution in [3.63, 3.8) is 0 Å². The lowest BCUT2D eigenvalue weighted by molar-refractivity contribution is 0.0367. The molecule has 2 aromatic rings. The Hall–Kier alpha value is -1.69. The molecular weight excluding hydrogens is 330 g/mol. The summed E-state index contributed by atoms with van der Waals surface area (Å²) < 4.78 is 5.42. The first-order chi connectivity index (χ1) is 12.3. The second-order valence-corrected chi connectivity index (χ2v) is 6.81. The molecule has 0 spiro atoms. The van der Waals surface area contributed by atoms with Crippen molar-refractivity contribution >= 4 is 28.1 Å². The molecule has 25 heavy (non-hydrogen) atoms. The van der Waals surface area contributed by atoms with Crippen LogP contribution < -0.4 is 5.32 Å². The quantitative estimate of drug-likeness (QED) is 0.803. The molecule has 0 saturated carbocycles. The maximum Gasteiger partial charge on any atom is 0.168 e. The number of nitrogens with zero attached hydrogens (tertiary/aromatic N) is 2. The highest BCUT2D eigenvalue weighted by Crippen LogP contribution is 2.20. The van der Waals surface area contributed by atoms with Gasteiger partial charge in [-0.15, -0.1) is 0 Å². The number of fused-ring (bicyclic) bond motifs is 1. The molecule has 5 heteroatoms. The Morgan fingerprint density at radius 1 is 1.16 bits per heavy atom. The highest BCUT2D eigenvalue weighted by Gasteiger charge is 2.13. The molecule has 0 unspecified atom stereocenters. The molecule has 134 valence electrons. The molecule has 1 heterocycles. The van der Waals surface area contributed by atoms with E-state index in [1.54, 1.807) is 0 Å². The third-order valence-electron chi connectivity index (χ3n) is 4.75. The van der Waals surface area contributed by atoms with E-state index in [9.17, 15) is 0 Å². The van der Waals surface area contributed by atoms with E-state index in [-0.39, 0.29) is 0 Å². The third-order valence-corrected chi connectivity index (χ3v) is 5.21. The van der Waals surface area contributed by atoms with Gasteiger partial charge in [0.25, 0.3) is 0 Å². The van der Waals surface area contributed by atoms with E-state index in [1.807, 2.05) is 7.05 Å². The van der Waals surface area contributed by atoms with Crippen LogP contribution in [0.4, 0.5) is 0 Å². The number of nitrogens with one attached hydrogen (secondary N) is 1. The maximum atomic E-state index is 5.55. The van der Waals surface area contributed by atoms with Gasteiger partial charge in [0.2, 0.25) is 0 Å². The zero-order valence-corrected chi connectivity index (χ0v) is 15.7. The SMILES string of the molecule is CNC(=S)N(CCCN1CCOCC1)Cc1cccc2ccccc12. The normalized spacial score (nSPS) is 15.2. The summed E-state index contributed by atoms with van der Waals surface area (Å²) in [6.07, 6.45) is 1.10. The van der Waals surface area contributed by atoms with Crippen molar-refractivity contribution in [2.75, 3.05) is 46.4 Å². The van der Waals surface area contributed by atoms with E-state index < -0.39 is 0 Å². The minimum Gasteiger partial charge on any atom is -0.379 e. The molecule has 0 aromatic heterocycles. The lowest BCUT2D eigenvalue weighted by Gasteiger charge is -2.29. The molecular formula is C20H27N3OS. The fourth-order valence-corrected chi connectivity index (χ4v) is 3.51. The smallest absolute Gasteiger partial charge is 0.168 e. The average molecular weight is 358 g/mol. The average Bonchev–Trinajstić information content (AvgIpc) is 2.67. The predicted molar refractivity (Wildman–Crippen MR) is 108 cm³/mol. The van der Waals surface area contributed by atoms with Crippen LogP contribution in [0.25, 0.3) is 10.8 Å². The van der Waals surface area contributed by atoms with Crippen LogP contribution in [0.5, 0.6) is 0 Å². The van der Waals surface area contributed by atoms with Crippen LogP contribution in [0.3, 0.4) is 0 Å². The van der Waals surface area contributed by atoms with Gasteiger partial charge in [0.15, 0.2) is 5.11 Å². The molecule has 2 aromatic carbocycles. The minimum absolute atomic E-state index is 0.815. The van der Waals surface area contributed by atoms with Crippen molar-refractivity contribution in [2.45, 2.75) is 13.0 Å². The van der Waals surface area contributed by atoms with Crippen LogP contribution in [0.2, 0.25) is 0 Å². The summed E-state index contributed by atoms with van der Waals surface area (Å²) in [7, 11) is 1.90. The molecule has 0 radical (unpaired) electrons. The highest BCUT2D eigenvalue weighted by atomic mass is 32.1. The predicted octanol–water partition coefficient (Wildman–Crippen LogP) is 2.87. The standard InChI is InChI=1S/C20H27N3OS/c1-21-20(25)23(11-5-10-22-12-14-24-15-13-22)16-18-8-4-7-17-6-2-3-9-19(17)18/h2-4,6-9H,5,10-16H2,1H3,(H,21,25). The van der Waals surface area contributed by atoms with E-state index in [1.165, 1.54) is 16.3 Å². The number of rotatable bonds is 6. The maximum absolute atomic E-state index is 5.55. The fraction of sp³-hybridized carbons (Fsp3) is 0.450. The zero-order valence-electron chi connectivity index (χ0n) is 14.9. The van der Waals surface area contributed by atoms with E-state index in [0.717, 1.165) is 57.5 Å². The highest BCUT2D eigenvalue weighted by molar-refractivity contribution is 7.80. The van der Waals surface area contributed by atoms with Crippen LogP contribution in [-0.4, -0.2) is 61.4 Å². The minimum atomic E-state index is 0.815. The molecule has 0 amide bonds. The fourth-order valence-electron chi connectivity index (χ4n) is 3.36. The Morgan fingerprint density at radius 2 is 1.92 bits per heavy atom. The summed E-state index contributed by atoms with van der Waals surface area (Å²) in [4.78, 5) is 4.75. The van der Waals surface area contributed by atoms with Gasteiger partial charge in [0.1, 0.15) is 0 Å². The second kappa shape index (κ2) is 9.13. The monoisotopic (exact) mass is 357 g/mol. The molecule has 0 aliphatic carbocycles. The molecule has 1 fully saturated rings. The van der Waals surface area contributed by atoms with E-state index >= 15 is 0 Å². The molecule has 1 N–H and O–H groups in total. The second-order valence-electron chi connectivity index (χ2n) is 6.42. The third kappa shape index (κ3) is 4.91. The van der Waals surface area contributed by atoms with Crippen molar-refractivity contribution < 1.29 is 4.74 Å². The molecule has 3 rings (SSSR count). The summed E-state index contributed by atoms with van der Waals surface area (Å²) in [5.41, 5.74) is 1.32. The van der Waals surface area contributed by atoms with Gasteiger partial charge in [-0.25, -0.2) is 0 Å². The van der Waals surface area contributed by atoms with Gasteiger partial charge in [0, 0.05) is 39.8 Å². The van der Waals surface area contributed by atoms with E-state index in [0.29, 0.717) is 0 Å². The summed E-state index contributed by atoms with van der Waals surface area (Å²) in [6, 6.07) is 15.0. The molecule has 4 nitrogen and oxygen atoms in total. The summed E-state index contributed by atoms with van der Waals surface area (Å²) in [6.45, 7) is 6.69. The number of hydrogen-bond donors (Lipinski definition) is 1. The molecule has 0 atom stereocenters. The van der Waals surface area contributed by atoms with E-state index in [4.69, 9.17) is 17.0 Å². The first kappa shape index (κ1) is 18.1. The Balaban J connectivity index is 1.64. The first-order valence-corrected chi connectivity index (χ1v) is 9.42. The number of benzene rings is 2. The largest absolute Gasteiger partial charge is 0.379 e. The molecule has 1 saturated heterocycles. The van der Waals surface area contributed by atoms with Gasteiger partial charge in [-0.1, -0.05) is 42.5 Å². The van der Waals surface area contributed by atoms with Gasteiger partial charge in [-0.05, 0) is 35.0 Å². The Labute approximate surface area is 155 Å². The molecule has 1 aliphatic rings. The van der Waals surface area contributed by atoms with Gasteiger partial charge in [0.05, 0.1) is 13.2 Å². The Kier molecular flexibility index (Phi) is 6.62. The van der Waals surface area contributed by atoms with Crippen LogP contribution in [0.15, 0.2) is 42.5 Å². The van der Waals surface area contributed by atoms with Crippen molar-refractivity contribution in [3.05, 3.63) is 48.0 Å². The van der Waals surface area contributed by atoms with Crippen molar-refractivity contribution in [1.29, 1.82) is 0 Å². The first-order valence-electron chi connectivity index (χ1n) is 9.01. The van der Waals surface area contributed by atoms with Gasteiger partial charge >= 0.3 is 0 Å². The lowest BCUT2D eigenvalue weighted by Crippen LogP contribution is -2.41. The molecule has 1 aliphatic heterocycles. The molecule has 0 bridgehead atoms. The van der Waals surface area contributed by atoms with E-state index in [2.05, 4.69) is 57.6 Å². The topological polar surface area (TPSA) is 27.7 Å². The van der Waals surface area contributed by atoms with Crippen molar-refractivity contribution in [2.24, 2.45) is 0 Å². The van der Waals surface area contributed by atoms with Crippen LogP contribution >= 0.6 is 12.2 Å².